The fourth-order valence-corrected chi connectivity index (χ4v) is 1.36. The summed E-state index contributed by atoms with van der Waals surface area (Å²) < 4.78 is 5.41. The van der Waals surface area contributed by atoms with Gasteiger partial charge in [0.2, 0.25) is 5.89 Å². The molecule has 2 N–H and O–H groups in total. The highest BCUT2D eigenvalue weighted by molar-refractivity contribution is 5.19. The number of hydrogen-bond acceptors (Lipinski definition) is 7. The van der Waals surface area contributed by atoms with E-state index in [0.29, 0.717) is 25.0 Å². The Kier molecular flexibility index (Phi) is 4.60. The maximum Gasteiger partial charge on any atom is 0.315 e. The zero-order valence-electron chi connectivity index (χ0n) is 10.3. The van der Waals surface area contributed by atoms with Crippen LogP contribution in [0.4, 0.5) is 6.01 Å². The molecule has 2 rings (SSSR count). The largest absolute Gasteiger partial charge is 0.407 e. The molecule has 0 unspecified atom stereocenters. The zero-order valence-corrected chi connectivity index (χ0v) is 10.3. The van der Waals surface area contributed by atoms with Crippen LogP contribution in [0.25, 0.3) is 0 Å². The normalized spacial score (nSPS) is 10.5. The number of aromatic nitrogens is 4. The van der Waals surface area contributed by atoms with Gasteiger partial charge in [0, 0.05) is 6.20 Å². The molecule has 18 heavy (non-hydrogen) atoms. The second-order valence-electron chi connectivity index (χ2n) is 3.73. The van der Waals surface area contributed by atoms with E-state index >= 15 is 0 Å². The van der Waals surface area contributed by atoms with Gasteiger partial charge in [0.1, 0.15) is 6.33 Å². The second-order valence-corrected chi connectivity index (χ2v) is 3.73. The highest BCUT2D eigenvalue weighted by Gasteiger charge is 2.04. The average molecular weight is 248 g/mol. The van der Waals surface area contributed by atoms with Gasteiger partial charge in [-0.25, -0.2) is 9.97 Å². The van der Waals surface area contributed by atoms with Crippen molar-refractivity contribution in [2.45, 2.75) is 26.4 Å². The lowest BCUT2D eigenvalue weighted by atomic mass is 10.4. The van der Waals surface area contributed by atoms with Crippen LogP contribution in [-0.4, -0.2) is 26.7 Å². The topological polar surface area (TPSA) is 88.8 Å². The minimum Gasteiger partial charge on any atom is -0.407 e. The van der Waals surface area contributed by atoms with E-state index in [2.05, 4.69) is 37.7 Å². The molecule has 0 fully saturated rings. The van der Waals surface area contributed by atoms with E-state index in [-0.39, 0.29) is 0 Å². The van der Waals surface area contributed by atoms with Crippen LogP contribution in [0.1, 0.15) is 24.9 Å². The summed E-state index contributed by atoms with van der Waals surface area (Å²) in [7, 11) is 0. The summed E-state index contributed by atoms with van der Waals surface area (Å²) in [5, 5.41) is 14.0. The van der Waals surface area contributed by atoms with Gasteiger partial charge in [-0.1, -0.05) is 12.0 Å². The molecule has 0 saturated heterocycles. The van der Waals surface area contributed by atoms with Crippen LogP contribution < -0.4 is 10.6 Å². The summed E-state index contributed by atoms with van der Waals surface area (Å²) >= 11 is 0. The van der Waals surface area contributed by atoms with Crippen LogP contribution in [0.2, 0.25) is 0 Å². The van der Waals surface area contributed by atoms with Gasteiger partial charge in [-0.3, -0.25) is 0 Å². The minimum atomic E-state index is 0.405. The van der Waals surface area contributed by atoms with Gasteiger partial charge < -0.3 is 15.1 Å². The van der Waals surface area contributed by atoms with Crippen molar-refractivity contribution in [3.8, 4) is 0 Å². The smallest absolute Gasteiger partial charge is 0.315 e. The maximum absolute atomic E-state index is 5.41. The van der Waals surface area contributed by atoms with Crippen molar-refractivity contribution < 1.29 is 4.42 Å². The molecule has 0 amide bonds. The van der Waals surface area contributed by atoms with Crippen LogP contribution in [0, 0.1) is 0 Å². The lowest BCUT2D eigenvalue weighted by Crippen LogP contribution is -2.13. The molecule has 0 aliphatic rings. The van der Waals surface area contributed by atoms with E-state index in [1.54, 1.807) is 6.20 Å². The number of rotatable bonds is 7. The molecular weight excluding hydrogens is 232 g/mol. The van der Waals surface area contributed by atoms with E-state index in [9.17, 15) is 0 Å². The summed E-state index contributed by atoms with van der Waals surface area (Å²) in [6.45, 7) is 4.17. The molecule has 0 radical (unpaired) electrons. The summed E-state index contributed by atoms with van der Waals surface area (Å²) in [6, 6.07) is 2.23. The fourth-order valence-electron chi connectivity index (χ4n) is 1.36. The molecule has 2 aromatic heterocycles. The standard InChI is InChI=1S/C11H16N6O/c1-2-4-12-7-10-16-17-11(18-10)14-6-9-3-5-13-8-15-9/h3,5,8,12H,2,4,6-7H2,1H3,(H,14,17). The number of anilines is 1. The minimum absolute atomic E-state index is 0.405. The molecule has 0 saturated carbocycles. The summed E-state index contributed by atoms with van der Waals surface area (Å²) in [5.41, 5.74) is 0.869. The molecule has 7 heteroatoms. The van der Waals surface area contributed by atoms with Crippen molar-refractivity contribution in [2.24, 2.45) is 0 Å². The van der Waals surface area contributed by atoms with E-state index in [1.807, 2.05) is 6.07 Å². The van der Waals surface area contributed by atoms with Crippen LogP contribution in [0.3, 0.4) is 0 Å². The van der Waals surface area contributed by atoms with Gasteiger partial charge in [-0.05, 0) is 19.0 Å². The molecule has 0 bridgehead atoms. The molecule has 0 spiro atoms. The number of nitrogens with zero attached hydrogens (tertiary/aromatic N) is 4. The van der Waals surface area contributed by atoms with Gasteiger partial charge >= 0.3 is 6.01 Å². The van der Waals surface area contributed by atoms with Crippen LogP contribution >= 0.6 is 0 Å². The Bertz CT molecular complexity index is 458. The van der Waals surface area contributed by atoms with Crippen molar-refractivity contribution in [1.29, 1.82) is 0 Å². The van der Waals surface area contributed by atoms with E-state index in [1.165, 1.54) is 6.33 Å². The number of hydrogen-bond donors (Lipinski definition) is 2. The lowest BCUT2D eigenvalue weighted by molar-refractivity contribution is 0.476. The predicted molar refractivity (Wildman–Crippen MR) is 65.7 cm³/mol. The Morgan fingerprint density at radius 1 is 1.28 bits per heavy atom. The molecule has 0 atom stereocenters. The average Bonchev–Trinajstić information content (AvgIpc) is 2.86. The van der Waals surface area contributed by atoms with Gasteiger partial charge in [0.05, 0.1) is 18.8 Å². The highest BCUT2D eigenvalue weighted by Crippen LogP contribution is 2.06. The van der Waals surface area contributed by atoms with Crippen molar-refractivity contribution >= 4 is 6.01 Å². The van der Waals surface area contributed by atoms with Crippen LogP contribution in [0.5, 0.6) is 0 Å². The van der Waals surface area contributed by atoms with Gasteiger partial charge in [0.15, 0.2) is 0 Å². The van der Waals surface area contributed by atoms with Gasteiger partial charge in [0.25, 0.3) is 0 Å². The molecule has 96 valence electrons. The first-order valence-corrected chi connectivity index (χ1v) is 5.90. The zero-order chi connectivity index (χ0) is 12.6. The third-order valence-electron chi connectivity index (χ3n) is 2.23. The van der Waals surface area contributed by atoms with Crippen LogP contribution in [0.15, 0.2) is 23.0 Å². The molecule has 2 aromatic rings. The summed E-state index contributed by atoms with van der Waals surface area (Å²) in [5.74, 6) is 0.577. The van der Waals surface area contributed by atoms with Crippen molar-refractivity contribution in [3.05, 3.63) is 30.2 Å². The maximum atomic E-state index is 5.41. The molecule has 0 aliphatic carbocycles. The Balaban J connectivity index is 1.80. The Morgan fingerprint density at radius 3 is 3.00 bits per heavy atom. The first-order chi connectivity index (χ1) is 8.88. The quantitative estimate of drug-likeness (QED) is 0.706. The Hall–Kier alpha value is -2.02. The predicted octanol–water partition coefficient (Wildman–Crippen LogP) is 0.971. The van der Waals surface area contributed by atoms with Crippen LogP contribution in [-0.2, 0) is 13.1 Å². The Labute approximate surface area is 105 Å². The summed E-state index contributed by atoms with van der Waals surface area (Å²) in [4.78, 5) is 7.93. The van der Waals surface area contributed by atoms with Crippen molar-refractivity contribution in [2.75, 3.05) is 11.9 Å². The lowest BCUT2D eigenvalue weighted by Gasteiger charge is -1.99. The Morgan fingerprint density at radius 2 is 2.22 bits per heavy atom. The first-order valence-electron chi connectivity index (χ1n) is 5.90. The molecule has 7 nitrogen and oxygen atoms in total. The van der Waals surface area contributed by atoms with Crippen molar-refractivity contribution in [3.63, 3.8) is 0 Å². The monoisotopic (exact) mass is 248 g/mol. The highest BCUT2D eigenvalue weighted by atomic mass is 16.4. The van der Waals surface area contributed by atoms with E-state index < -0.39 is 0 Å². The van der Waals surface area contributed by atoms with E-state index in [4.69, 9.17) is 4.42 Å². The van der Waals surface area contributed by atoms with Gasteiger partial charge in [-0.2, -0.15) is 0 Å². The second kappa shape index (κ2) is 6.65. The number of nitrogens with one attached hydrogen (secondary N) is 2. The third kappa shape index (κ3) is 3.77. The van der Waals surface area contributed by atoms with Gasteiger partial charge in [-0.15, -0.1) is 5.10 Å². The third-order valence-corrected chi connectivity index (χ3v) is 2.23. The van der Waals surface area contributed by atoms with Crippen molar-refractivity contribution in [1.82, 2.24) is 25.5 Å². The summed E-state index contributed by atoms with van der Waals surface area (Å²) in [6.07, 6.45) is 4.27. The molecule has 0 aliphatic heterocycles. The first kappa shape index (κ1) is 12.4. The molecular formula is C11H16N6O. The van der Waals surface area contributed by atoms with E-state index in [0.717, 1.165) is 18.7 Å². The fraction of sp³-hybridized carbons (Fsp3) is 0.455. The molecule has 0 aromatic carbocycles. The SMILES string of the molecule is CCCNCc1nnc(NCc2ccncn2)o1. The molecule has 2 heterocycles.